The number of rotatable bonds is 5. The van der Waals surface area contributed by atoms with E-state index >= 15 is 0 Å². The molecule has 1 aromatic heterocycles. The first-order valence-electron chi connectivity index (χ1n) is 5.52. The highest BCUT2D eigenvalue weighted by Crippen LogP contribution is 2.10. The molecule has 0 radical (unpaired) electrons. The van der Waals surface area contributed by atoms with Crippen LogP contribution in [-0.2, 0) is 13.6 Å². The maximum absolute atomic E-state index is 9.81. The number of aryl methyl sites for hydroxylation is 1. The standard InChI is InChI=1S/C11H14BrN5O/c1-17-15-11(14-16-17)10(18)7-13-6-8-2-4-9(12)5-3-8/h2-5,10,13,18H,6-7H2,1H3/t10-/m0/s1. The SMILES string of the molecule is Cn1nnc([C@@H](O)CNCc2ccc(Br)cc2)n1. The van der Waals surface area contributed by atoms with Crippen LogP contribution in [0.3, 0.4) is 0 Å². The molecule has 0 unspecified atom stereocenters. The third-order valence-electron chi connectivity index (χ3n) is 2.40. The molecular weight excluding hydrogens is 298 g/mol. The molecule has 0 spiro atoms. The quantitative estimate of drug-likeness (QED) is 0.854. The minimum atomic E-state index is -0.742. The van der Waals surface area contributed by atoms with Crippen LogP contribution in [0.5, 0.6) is 0 Å². The summed E-state index contributed by atoms with van der Waals surface area (Å²) < 4.78 is 1.05. The monoisotopic (exact) mass is 311 g/mol. The van der Waals surface area contributed by atoms with Crippen LogP contribution in [0, 0.1) is 0 Å². The van der Waals surface area contributed by atoms with Gasteiger partial charge in [0.25, 0.3) is 0 Å². The smallest absolute Gasteiger partial charge is 0.204 e. The van der Waals surface area contributed by atoms with Gasteiger partial charge in [-0.15, -0.1) is 10.2 Å². The molecule has 0 saturated carbocycles. The number of benzene rings is 1. The average molecular weight is 312 g/mol. The molecule has 0 bridgehead atoms. The Hall–Kier alpha value is -1.31. The lowest BCUT2D eigenvalue weighted by molar-refractivity contribution is 0.164. The lowest BCUT2D eigenvalue weighted by Crippen LogP contribution is -2.22. The highest BCUT2D eigenvalue weighted by atomic mass is 79.9. The Morgan fingerprint density at radius 1 is 1.39 bits per heavy atom. The molecule has 2 N–H and O–H groups in total. The molecule has 0 aliphatic carbocycles. The van der Waals surface area contributed by atoms with Crippen molar-refractivity contribution in [3.8, 4) is 0 Å². The molecular formula is C11H14BrN5O. The summed E-state index contributed by atoms with van der Waals surface area (Å²) in [5.74, 6) is 0.334. The largest absolute Gasteiger partial charge is 0.384 e. The lowest BCUT2D eigenvalue weighted by Gasteiger charge is -2.08. The van der Waals surface area contributed by atoms with Gasteiger partial charge in [-0.05, 0) is 22.9 Å². The number of halogens is 1. The molecule has 1 aromatic carbocycles. The van der Waals surface area contributed by atoms with E-state index in [2.05, 4.69) is 36.7 Å². The Morgan fingerprint density at radius 3 is 2.72 bits per heavy atom. The molecule has 7 heteroatoms. The maximum Gasteiger partial charge on any atom is 0.204 e. The van der Waals surface area contributed by atoms with Crippen molar-refractivity contribution in [3.63, 3.8) is 0 Å². The van der Waals surface area contributed by atoms with E-state index in [1.54, 1.807) is 7.05 Å². The van der Waals surface area contributed by atoms with Crippen molar-refractivity contribution in [1.82, 2.24) is 25.5 Å². The van der Waals surface area contributed by atoms with Crippen LogP contribution < -0.4 is 5.32 Å². The molecule has 2 rings (SSSR count). The van der Waals surface area contributed by atoms with Crippen molar-refractivity contribution in [2.24, 2.45) is 7.05 Å². The fraction of sp³-hybridized carbons (Fsp3) is 0.364. The first-order valence-corrected chi connectivity index (χ1v) is 6.31. The van der Waals surface area contributed by atoms with Crippen LogP contribution in [0.2, 0.25) is 0 Å². The van der Waals surface area contributed by atoms with Gasteiger partial charge in [-0.1, -0.05) is 28.1 Å². The van der Waals surface area contributed by atoms with E-state index in [9.17, 15) is 5.11 Å². The molecule has 18 heavy (non-hydrogen) atoms. The van der Waals surface area contributed by atoms with E-state index in [1.807, 2.05) is 24.3 Å². The molecule has 0 saturated heterocycles. The summed E-state index contributed by atoms with van der Waals surface area (Å²) in [7, 11) is 1.67. The first-order chi connectivity index (χ1) is 8.65. The van der Waals surface area contributed by atoms with Crippen LogP contribution in [0.25, 0.3) is 0 Å². The first kappa shape index (κ1) is 13.1. The van der Waals surface area contributed by atoms with Gasteiger partial charge >= 0.3 is 0 Å². The van der Waals surface area contributed by atoms with Crippen molar-refractivity contribution >= 4 is 15.9 Å². The zero-order valence-corrected chi connectivity index (χ0v) is 11.5. The minimum Gasteiger partial charge on any atom is -0.384 e. The summed E-state index contributed by atoms with van der Waals surface area (Å²) >= 11 is 3.38. The van der Waals surface area contributed by atoms with Gasteiger partial charge < -0.3 is 10.4 Å². The molecule has 0 fully saturated rings. The second-order valence-corrected chi connectivity index (χ2v) is 4.83. The number of aliphatic hydroxyl groups excluding tert-OH is 1. The summed E-state index contributed by atoms with van der Waals surface area (Å²) in [5, 5.41) is 24.3. The van der Waals surface area contributed by atoms with E-state index in [1.165, 1.54) is 4.80 Å². The number of aromatic nitrogens is 4. The normalized spacial score (nSPS) is 12.6. The highest BCUT2D eigenvalue weighted by Gasteiger charge is 2.12. The molecule has 96 valence electrons. The molecule has 2 aromatic rings. The number of nitrogens with zero attached hydrogens (tertiary/aromatic N) is 4. The van der Waals surface area contributed by atoms with Gasteiger partial charge in [0.2, 0.25) is 5.82 Å². The fourth-order valence-corrected chi connectivity index (χ4v) is 1.74. The Morgan fingerprint density at radius 2 is 2.11 bits per heavy atom. The number of nitrogens with one attached hydrogen (secondary N) is 1. The second-order valence-electron chi connectivity index (χ2n) is 3.91. The predicted molar refractivity (Wildman–Crippen MR) is 69.6 cm³/mol. The van der Waals surface area contributed by atoms with Gasteiger partial charge in [-0.3, -0.25) is 0 Å². The highest BCUT2D eigenvalue weighted by molar-refractivity contribution is 9.10. The van der Waals surface area contributed by atoms with Crippen LogP contribution in [-0.4, -0.2) is 31.9 Å². The van der Waals surface area contributed by atoms with E-state index < -0.39 is 6.10 Å². The Bertz CT molecular complexity index is 498. The van der Waals surface area contributed by atoms with Crippen LogP contribution in [0.4, 0.5) is 0 Å². The molecule has 6 nitrogen and oxygen atoms in total. The van der Waals surface area contributed by atoms with Crippen LogP contribution in [0.1, 0.15) is 17.5 Å². The third-order valence-corrected chi connectivity index (χ3v) is 2.93. The predicted octanol–water partition coefficient (Wildman–Crippen LogP) is 0.796. The van der Waals surface area contributed by atoms with E-state index in [0.29, 0.717) is 18.9 Å². The Balaban J connectivity index is 1.80. The van der Waals surface area contributed by atoms with E-state index in [-0.39, 0.29) is 0 Å². The number of aliphatic hydroxyl groups is 1. The lowest BCUT2D eigenvalue weighted by atomic mass is 10.2. The topological polar surface area (TPSA) is 75.9 Å². The van der Waals surface area contributed by atoms with Crippen molar-refractivity contribution in [2.75, 3.05) is 6.54 Å². The molecule has 0 aliphatic heterocycles. The summed E-state index contributed by atoms with van der Waals surface area (Å²) in [6.45, 7) is 1.08. The summed E-state index contributed by atoms with van der Waals surface area (Å²) in [6, 6.07) is 8.00. The van der Waals surface area contributed by atoms with Crippen molar-refractivity contribution in [1.29, 1.82) is 0 Å². The van der Waals surface area contributed by atoms with Gasteiger partial charge in [-0.25, -0.2) is 0 Å². The molecule has 0 amide bonds. The van der Waals surface area contributed by atoms with Crippen LogP contribution in [0.15, 0.2) is 28.7 Å². The van der Waals surface area contributed by atoms with Gasteiger partial charge in [0.05, 0.1) is 7.05 Å². The van der Waals surface area contributed by atoms with Crippen LogP contribution >= 0.6 is 15.9 Å². The second kappa shape index (κ2) is 6.03. The van der Waals surface area contributed by atoms with Crippen molar-refractivity contribution in [3.05, 3.63) is 40.1 Å². The Kier molecular flexibility index (Phi) is 4.40. The van der Waals surface area contributed by atoms with Gasteiger partial charge in [0.1, 0.15) is 6.10 Å². The fourth-order valence-electron chi connectivity index (χ4n) is 1.48. The van der Waals surface area contributed by atoms with Crippen molar-refractivity contribution in [2.45, 2.75) is 12.6 Å². The maximum atomic E-state index is 9.81. The molecule has 0 aliphatic rings. The molecule has 1 atom stereocenters. The van der Waals surface area contributed by atoms with E-state index in [4.69, 9.17) is 0 Å². The molecule has 1 heterocycles. The Labute approximate surface area is 113 Å². The van der Waals surface area contributed by atoms with Crippen molar-refractivity contribution < 1.29 is 5.11 Å². The zero-order valence-electron chi connectivity index (χ0n) is 9.91. The van der Waals surface area contributed by atoms with Gasteiger partial charge in [0, 0.05) is 17.6 Å². The summed E-state index contributed by atoms with van der Waals surface area (Å²) in [4.78, 5) is 1.33. The van der Waals surface area contributed by atoms with E-state index in [0.717, 1.165) is 10.0 Å². The number of hydrogen-bond acceptors (Lipinski definition) is 5. The summed E-state index contributed by atoms with van der Waals surface area (Å²) in [5.41, 5.74) is 1.15. The minimum absolute atomic E-state index is 0.334. The average Bonchev–Trinajstić information content (AvgIpc) is 2.78. The number of tetrazole rings is 1. The van der Waals surface area contributed by atoms with Gasteiger partial charge in [0.15, 0.2) is 0 Å². The third kappa shape index (κ3) is 3.59. The summed E-state index contributed by atoms with van der Waals surface area (Å²) in [6.07, 6.45) is -0.742. The number of hydrogen-bond donors (Lipinski definition) is 2. The van der Waals surface area contributed by atoms with Gasteiger partial charge in [-0.2, -0.15) is 4.80 Å². The zero-order chi connectivity index (χ0) is 13.0.